The summed E-state index contributed by atoms with van der Waals surface area (Å²) in [6.45, 7) is 15.3. The molecule has 4 amide bonds. The van der Waals surface area contributed by atoms with Crippen molar-refractivity contribution in [2.45, 2.75) is 234 Å². The molecule has 8 heterocycles. The van der Waals surface area contributed by atoms with Crippen LogP contribution in [0.4, 0.5) is 4.79 Å². The second kappa shape index (κ2) is 22.7. The first-order chi connectivity index (χ1) is 35.2. The van der Waals surface area contributed by atoms with E-state index >= 15 is 0 Å². The number of esters is 1. The Labute approximate surface area is 435 Å². The van der Waals surface area contributed by atoms with Crippen molar-refractivity contribution in [1.29, 1.82) is 0 Å². The maximum absolute atomic E-state index is 14.8. The first-order valence-corrected chi connectivity index (χ1v) is 25.2. The summed E-state index contributed by atoms with van der Waals surface area (Å²) in [6, 6.07) is -4.49. The van der Waals surface area contributed by atoms with Gasteiger partial charge in [0.15, 0.2) is 49.3 Å². The molecule has 0 aliphatic carbocycles. The molecule has 0 saturated carbocycles. The van der Waals surface area contributed by atoms with Gasteiger partial charge in [0, 0.05) is 47.7 Å². The number of hydrogen-bond donors (Lipinski definition) is 4. The molecule has 0 bridgehead atoms. The van der Waals surface area contributed by atoms with Crippen LogP contribution in [0.15, 0.2) is 0 Å². The number of nitrogens with one attached hydrogen (secondary N) is 4. The molecule has 426 valence electrons. The van der Waals surface area contributed by atoms with E-state index in [1.54, 1.807) is 62.3 Å². The normalized spacial score (nSPS) is 38.4. The Morgan fingerprint density at radius 3 is 1.15 bits per heavy atom. The van der Waals surface area contributed by atoms with Crippen LogP contribution in [0.5, 0.6) is 0 Å². The van der Waals surface area contributed by atoms with E-state index in [0.29, 0.717) is 0 Å². The maximum Gasteiger partial charge on any atom is 0.407 e. The topological polar surface area (TPSA) is 300 Å². The molecule has 8 aliphatic heterocycles. The lowest BCUT2D eigenvalue weighted by molar-refractivity contribution is -0.221. The average Bonchev–Trinajstić information content (AvgIpc) is 4.18. The lowest BCUT2D eigenvalue weighted by atomic mass is 9.96. The van der Waals surface area contributed by atoms with Gasteiger partial charge in [-0.3, -0.25) is 19.2 Å². The summed E-state index contributed by atoms with van der Waals surface area (Å²) in [4.78, 5) is 70.0. The van der Waals surface area contributed by atoms with Gasteiger partial charge < -0.3 is 107 Å². The number of ether oxygens (including phenoxy) is 18. The maximum atomic E-state index is 14.8. The summed E-state index contributed by atoms with van der Waals surface area (Å²) in [5, 5.41) is 11.6. The number of methoxy groups -OCH3 is 5. The molecule has 27 nitrogen and oxygen atoms in total. The zero-order chi connectivity index (χ0) is 54.5. The molecule has 8 aliphatic rings. The Hall–Kier alpha value is -3.49. The lowest BCUT2D eigenvalue weighted by Gasteiger charge is -2.34. The number of alkyl carbamates (subject to hydrolysis) is 1. The van der Waals surface area contributed by atoms with E-state index in [4.69, 9.17) is 85.3 Å². The minimum atomic E-state index is -1.18. The van der Waals surface area contributed by atoms with Crippen LogP contribution in [0, 0.1) is 0 Å². The average molecular weight is 1080 g/mol. The van der Waals surface area contributed by atoms with Gasteiger partial charge in [-0.2, -0.15) is 0 Å². The third kappa shape index (κ3) is 13.0. The quantitative estimate of drug-likeness (QED) is 0.115. The van der Waals surface area contributed by atoms with Crippen LogP contribution >= 0.6 is 0 Å². The van der Waals surface area contributed by atoms with Crippen molar-refractivity contribution in [2.75, 3.05) is 42.3 Å². The first kappa shape index (κ1) is 57.7. The van der Waals surface area contributed by atoms with Gasteiger partial charge in [0.25, 0.3) is 0 Å². The largest absolute Gasteiger partial charge is 0.469 e. The van der Waals surface area contributed by atoms with Crippen LogP contribution in [-0.4, -0.2) is 218 Å². The second-order valence-corrected chi connectivity index (χ2v) is 22.1. The van der Waals surface area contributed by atoms with Gasteiger partial charge >= 0.3 is 12.1 Å². The van der Waals surface area contributed by atoms with Gasteiger partial charge in [0.1, 0.15) is 78.8 Å². The number of carbonyl (C=O) groups is 5. The molecule has 4 N–H and O–H groups in total. The summed E-state index contributed by atoms with van der Waals surface area (Å²) in [5.74, 6) is -5.67. The van der Waals surface area contributed by atoms with E-state index in [-0.39, 0.29) is 13.2 Å². The molecular formula is C48H76N4O23. The number of rotatable bonds is 20. The molecule has 20 atom stereocenters. The van der Waals surface area contributed by atoms with Crippen molar-refractivity contribution in [3.63, 3.8) is 0 Å². The number of fused-ring (bicyclic) bond motifs is 4. The molecule has 0 radical (unpaired) electrons. The van der Waals surface area contributed by atoms with E-state index in [9.17, 15) is 24.0 Å². The highest BCUT2D eigenvalue weighted by Crippen LogP contribution is 2.43. The molecule has 8 rings (SSSR count). The summed E-state index contributed by atoms with van der Waals surface area (Å²) >= 11 is 0. The van der Waals surface area contributed by atoms with Crippen molar-refractivity contribution in [3.8, 4) is 0 Å². The Balaban J connectivity index is 1.04. The summed E-state index contributed by atoms with van der Waals surface area (Å²) in [5.41, 5.74) is -0.902. The van der Waals surface area contributed by atoms with Crippen molar-refractivity contribution in [1.82, 2.24) is 21.3 Å². The van der Waals surface area contributed by atoms with Crippen molar-refractivity contribution >= 4 is 29.8 Å². The van der Waals surface area contributed by atoms with Crippen LogP contribution in [0.2, 0.25) is 0 Å². The predicted octanol–water partition coefficient (Wildman–Crippen LogP) is -0.145. The Morgan fingerprint density at radius 2 is 0.800 bits per heavy atom. The Kier molecular flexibility index (Phi) is 17.5. The molecule has 0 spiro atoms. The van der Waals surface area contributed by atoms with E-state index in [2.05, 4.69) is 21.3 Å². The van der Waals surface area contributed by atoms with E-state index in [1.165, 1.54) is 35.5 Å². The summed E-state index contributed by atoms with van der Waals surface area (Å²) in [7, 11) is 6.99. The number of amides is 4. The van der Waals surface area contributed by atoms with Gasteiger partial charge in [-0.1, -0.05) is 0 Å². The van der Waals surface area contributed by atoms with E-state index in [1.807, 2.05) is 0 Å². The van der Waals surface area contributed by atoms with Crippen molar-refractivity contribution in [2.24, 2.45) is 0 Å². The SMILES string of the molecule is COC(=O)CC(NC(=O)CC(NC(=O)CC(NC(=O)CC(NC(=O)OC(C)(C)C)[C@H]1O[C@@H]2OC(C)(C)O[C@@H]2[C@H]1OC)[C@H]1O[C@@H]2OCO[C@@H]2[C@H]1OC)[C@H]1O[C@@H]2OC(C)(C)O[C@@H]2[C@H]1OC)[C@H]1O[C@@H]2OC(C)(C)O[C@@H]2[C@H]1OC. The summed E-state index contributed by atoms with van der Waals surface area (Å²) in [6.07, 6.45) is -16.4. The highest BCUT2D eigenvalue weighted by Gasteiger charge is 2.61. The third-order valence-corrected chi connectivity index (χ3v) is 14.0. The predicted molar refractivity (Wildman–Crippen MR) is 248 cm³/mol. The van der Waals surface area contributed by atoms with Crippen molar-refractivity contribution < 1.29 is 109 Å². The number of carbonyl (C=O) groups excluding carboxylic acids is 5. The van der Waals surface area contributed by atoms with Crippen LogP contribution < -0.4 is 21.3 Å². The first-order valence-electron chi connectivity index (χ1n) is 25.2. The van der Waals surface area contributed by atoms with Gasteiger partial charge in [-0.15, -0.1) is 0 Å². The molecule has 27 heteroatoms. The standard InChI is InChI=1S/C48H76N4O23/c1-45(2,3)75-44(57)52-22(30-34(61-13)38-42(67-30)73-47(6,7)70-38)17-26(55)49-20(28-32(59-11)36-40(65-28)64-19-63-36)15-24(53)50-21(29-33(60-12)37-41(66-29)72-46(4,5)69-37)16-25(54)51-23(18-27(56)58-10)31-35(62-14)39-43(68-31)74-48(8,9)71-39/h20-23,28-43H,15-19H2,1-14H3,(H,49,55)(H,50,53)(H,51,54)(H,52,57)/t20?,21?,22?,23?,28-,29-,30-,31-,32+,33+,34+,35+,36-,37-,38-,39-,40+,41-,42-,43-/m1/s1. The molecule has 8 saturated heterocycles. The van der Waals surface area contributed by atoms with Crippen LogP contribution in [-0.2, 0) is 104 Å². The molecule has 0 aromatic carbocycles. The smallest absolute Gasteiger partial charge is 0.407 e. The van der Waals surface area contributed by atoms with E-state index in [0.717, 1.165) is 0 Å². The minimum Gasteiger partial charge on any atom is -0.469 e. The van der Waals surface area contributed by atoms with Gasteiger partial charge in [0.2, 0.25) is 17.7 Å². The molecular weight excluding hydrogens is 1000 g/mol. The Bertz CT molecular complexity index is 2060. The van der Waals surface area contributed by atoms with Gasteiger partial charge in [-0.25, -0.2) is 4.79 Å². The monoisotopic (exact) mass is 1080 g/mol. The highest BCUT2D eigenvalue weighted by molar-refractivity contribution is 5.83. The van der Waals surface area contributed by atoms with Gasteiger partial charge in [0.05, 0.1) is 37.7 Å². The fraction of sp³-hybridized carbons (Fsp3) is 0.896. The lowest BCUT2D eigenvalue weighted by Crippen LogP contribution is -2.57. The van der Waals surface area contributed by atoms with Gasteiger partial charge in [-0.05, 0) is 62.3 Å². The third-order valence-electron chi connectivity index (χ3n) is 14.0. The second-order valence-electron chi connectivity index (χ2n) is 22.1. The Morgan fingerprint density at radius 1 is 0.467 bits per heavy atom. The van der Waals surface area contributed by atoms with Crippen LogP contribution in [0.3, 0.4) is 0 Å². The van der Waals surface area contributed by atoms with Crippen molar-refractivity contribution in [3.05, 3.63) is 0 Å². The minimum absolute atomic E-state index is 0.0785. The highest BCUT2D eigenvalue weighted by atomic mass is 16.9. The molecule has 0 aromatic heterocycles. The molecule has 0 aromatic rings. The zero-order valence-electron chi connectivity index (χ0n) is 45.0. The summed E-state index contributed by atoms with van der Waals surface area (Å²) < 4.78 is 107. The fourth-order valence-electron chi connectivity index (χ4n) is 11.1. The fourth-order valence-corrected chi connectivity index (χ4v) is 11.1. The molecule has 4 unspecified atom stereocenters. The zero-order valence-corrected chi connectivity index (χ0v) is 45.0. The van der Waals surface area contributed by atoms with E-state index < -0.39 is 195 Å². The molecule has 8 fully saturated rings. The van der Waals surface area contributed by atoms with Crippen LogP contribution in [0.25, 0.3) is 0 Å². The molecule has 75 heavy (non-hydrogen) atoms. The number of hydrogen-bond acceptors (Lipinski definition) is 23. The van der Waals surface area contributed by atoms with Crippen LogP contribution in [0.1, 0.15) is 88.0 Å².